The summed E-state index contributed by atoms with van der Waals surface area (Å²) in [5.74, 6) is 2.01. The Morgan fingerprint density at radius 3 is 2.30 bits per heavy atom. The van der Waals surface area contributed by atoms with E-state index in [-0.39, 0.29) is 17.2 Å². The third kappa shape index (κ3) is 2.81. The molecule has 0 aliphatic carbocycles. The second kappa shape index (κ2) is 4.82. The zero-order chi connectivity index (χ0) is 15.3. The monoisotopic (exact) mass is 298 g/mol. The van der Waals surface area contributed by atoms with Crippen molar-refractivity contribution in [3.63, 3.8) is 0 Å². The SMILES string of the molecule is C#C[C@H]1O[C@@H]2OC(C)(C)O[C@@H]2[C@H]1O[Si](C)(C)C(C)(C)C. The van der Waals surface area contributed by atoms with Crippen LogP contribution in [-0.4, -0.2) is 38.7 Å². The molecule has 0 N–H and O–H groups in total. The summed E-state index contributed by atoms with van der Waals surface area (Å²) in [7, 11) is -1.95. The van der Waals surface area contributed by atoms with E-state index < -0.39 is 26.5 Å². The first-order chi connectivity index (χ1) is 8.97. The molecule has 0 aromatic heterocycles. The van der Waals surface area contributed by atoms with Gasteiger partial charge in [-0.3, -0.25) is 0 Å². The number of ether oxygens (including phenoxy) is 3. The molecule has 0 spiro atoms. The molecule has 0 amide bonds. The van der Waals surface area contributed by atoms with Gasteiger partial charge < -0.3 is 18.6 Å². The maximum absolute atomic E-state index is 6.44. The molecule has 2 aliphatic rings. The van der Waals surface area contributed by atoms with Crippen LogP contribution in [0.15, 0.2) is 0 Å². The minimum Gasteiger partial charge on any atom is -0.407 e. The second-order valence-corrected chi connectivity index (χ2v) is 12.3. The van der Waals surface area contributed by atoms with Crippen LogP contribution in [0.3, 0.4) is 0 Å². The zero-order valence-corrected chi connectivity index (χ0v) is 14.5. The fourth-order valence-electron chi connectivity index (χ4n) is 2.26. The van der Waals surface area contributed by atoms with Crippen molar-refractivity contribution < 1.29 is 18.6 Å². The van der Waals surface area contributed by atoms with Crippen LogP contribution in [0.4, 0.5) is 0 Å². The highest BCUT2D eigenvalue weighted by atomic mass is 28.4. The van der Waals surface area contributed by atoms with Crippen molar-refractivity contribution in [2.24, 2.45) is 0 Å². The highest BCUT2D eigenvalue weighted by Crippen LogP contribution is 2.43. The van der Waals surface area contributed by atoms with E-state index in [4.69, 9.17) is 25.1 Å². The standard InChI is InChI=1S/C15H26O4Si/c1-9-10-11(19-20(7,8)14(2,3)4)12-13(16-10)18-15(5,6)17-12/h1,10-13H,2-8H3/t10-,11+,12-,13-/m1/s1. The summed E-state index contributed by atoms with van der Waals surface area (Å²) in [6.45, 7) is 14.8. The Kier molecular flexibility index (Phi) is 3.86. The molecular formula is C15H26O4Si. The number of hydrogen-bond donors (Lipinski definition) is 0. The Balaban J connectivity index is 2.19. The molecular weight excluding hydrogens is 272 g/mol. The molecule has 2 aliphatic heterocycles. The van der Waals surface area contributed by atoms with Crippen LogP contribution < -0.4 is 0 Å². The van der Waals surface area contributed by atoms with Gasteiger partial charge in [-0.2, -0.15) is 0 Å². The van der Waals surface area contributed by atoms with Gasteiger partial charge in [-0.1, -0.05) is 26.7 Å². The Labute approximate surface area is 123 Å². The van der Waals surface area contributed by atoms with E-state index in [2.05, 4.69) is 39.8 Å². The van der Waals surface area contributed by atoms with Crippen LogP contribution in [0.1, 0.15) is 34.6 Å². The van der Waals surface area contributed by atoms with Crippen molar-refractivity contribution >= 4 is 8.32 Å². The zero-order valence-electron chi connectivity index (χ0n) is 13.5. The third-order valence-corrected chi connectivity index (χ3v) is 8.87. The van der Waals surface area contributed by atoms with Gasteiger partial charge in [0, 0.05) is 0 Å². The molecule has 114 valence electrons. The fourth-order valence-corrected chi connectivity index (χ4v) is 3.55. The molecule has 20 heavy (non-hydrogen) atoms. The first kappa shape index (κ1) is 16.0. The van der Waals surface area contributed by atoms with Crippen molar-refractivity contribution in [3.8, 4) is 12.3 Å². The first-order valence-electron chi connectivity index (χ1n) is 7.12. The lowest BCUT2D eigenvalue weighted by Crippen LogP contribution is -2.49. The van der Waals surface area contributed by atoms with E-state index in [0.717, 1.165) is 0 Å². The maximum Gasteiger partial charge on any atom is 0.192 e. The van der Waals surface area contributed by atoms with Crippen LogP contribution in [0.5, 0.6) is 0 Å². The summed E-state index contributed by atoms with van der Waals surface area (Å²) < 4.78 is 23.9. The quantitative estimate of drug-likeness (QED) is 0.580. The normalized spacial score (nSPS) is 36.7. The smallest absolute Gasteiger partial charge is 0.192 e. The van der Waals surface area contributed by atoms with Gasteiger partial charge in [-0.25, -0.2) is 0 Å². The van der Waals surface area contributed by atoms with E-state index in [9.17, 15) is 0 Å². The van der Waals surface area contributed by atoms with E-state index >= 15 is 0 Å². The number of rotatable bonds is 2. The topological polar surface area (TPSA) is 36.9 Å². The van der Waals surface area contributed by atoms with Gasteiger partial charge in [-0.05, 0) is 32.0 Å². The molecule has 0 aromatic rings. The van der Waals surface area contributed by atoms with Gasteiger partial charge in [0.1, 0.15) is 18.3 Å². The lowest BCUT2D eigenvalue weighted by molar-refractivity contribution is -0.207. The van der Waals surface area contributed by atoms with E-state index in [0.29, 0.717) is 0 Å². The van der Waals surface area contributed by atoms with Crippen LogP contribution >= 0.6 is 0 Å². The highest BCUT2D eigenvalue weighted by molar-refractivity contribution is 6.74. The van der Waals surface area contributed by atoms with Crippen molar-refractivity contribution in [1.82, 2.24) is 0 Å². The Hall–Kier alpha value is -0.383. The number of terminal acetylenes is 1. The van der Waals surface area contributed by atoms with Crippen LogP contribution in [0.2, 0.25) is 18.1 Å². The summed E-state index contributed by atoms with van der Waals surface area (Å²) in [5, 5.41) is 0.110. The van der Waals surface area contributed by atoms with Gasteiger partial charge in [-0.15, -0.1) is 6.42 Å². The second-order valence-electron chi connectivity index (χ2n) is 7.53. The number of hydrogen-bond acceptors (Lipinski definition) is 4. The van der Waals surface area contributed by atoms with Gasteiger partial charge in [0.25, 0.3) is 0 Å². The molecule has 4 nitrogen and oxygen atoms in total. The van der Waals surface area contributed by atoms with Gasteiger partial charge in [0.05, 0.1) is 0 Å². The van der Waals surface area contributed by atoms with Gasteiger partial charge >= 0.3 is 0 Å². The first-order valence-corrected chi connectivity index (χ1v) is 10.0. The Bertz CT molecular complexity index is 419. The van der Waals surface area contributed by atoms with E-state index in [1.54, 1.807) is 0 Å². The lowest BCUT2D eigenvalue weighted by Gasteiger charge is -2.39. The minimum absolute atomic E-state index is 0.110. The minimum atomic E-state index is -1.95. The average Bonchev–Trinajstić information content (AvgIpc) is 2.70. The molecule has 5 heteroatoms. The maximum atomic E-state index is 6.44. The Morgan fingerprint density at radius 2 is 1.80 bits per heavy atom. The molecule has 4 atom stereocenters. The molecule has 0 radical (unpaired) electrons. The predicted molar refractivity (Wildman–Crippen MR) is 79.6 cm³/mol. The van der Waals surface area contributed by atoms with Crippen molar-refractivity contribution in [3.05, 3.63) is 0 Å². The lowest BCUT2D eigenvalue weighted by atomic mass is 10.1. The van der Waals surface area contributed by atoms with Crippen LogP contribution in [0, 0.1) is 12.3 Å². The van der Waals surface area contributed by atoms with Crippen molar-refractivity contribution in [2.75, 3.05) is 0 Å². The molecule has 0 aromatic carbocycles. The average molecular weight is 298 g/mol. The Morgan fingerprint density at radius 1 is 1.20 bits per heavy atom. The molecule has 2 saturated heterocycles. The summed E-state index contributed by atoms with van der Waals surface area (Å²) in [6.07, 6.45) is 4.23. The third-order valence-electron chi connectivity index (χ3n) is 4.39. The van der Waals surface area contributed by atoms with E-state index in [1.807, 2.05) is 13.8 Å². The van der Waals surface area contributed by atoms with Gasteiger partial charge in [0.15, 0.2) is 20.4 Å². The summed E-state index contributed by atoms with van der Waals surface area (Å²) in [4.78, 5) is 0. The molecule has 0 unspecified atom stereocenters. The molecule has 2 rings (SSSR count). The van der Waals surface area contributed by atoms with E-state index in [1.165, 1.54) is 0 Å². The molecule has 0 saturated carbocycles. The van der Waals surface area contributed by atoms with Crippen molar-refractivity contribution in [2.45, 2.75) is 83.1 Å². The fraction of sp³-hybridized carbons (Fsp3) is 0.867. The number of fused-ring (bicyclic) bond motifs is 1. The summed E-state index contributed by atoms with van der Waals surface area (Å²) in [5.41, 5.74) is 0. The van der Waals surface area contributed by atoms with Crippen LogP contribution in [0.25, 0.3) is 0 Å². The molecule has 2 fully saturated rings. The summed E-state index contributed by atoms with van der Waals surface area (Å²) in [6, 6.07) is 0. The largest absolute Gasteiger partial charge is 0.407 e. The predicted octanol–water partition coefficient (Wildman–Crippen LogP) is 2.89. The highest BCUT2D eigenvalue weighted by Gasteiger charge is 2.57. The van der Waals surface area contributed by atoms with Crippen LogP contribution in [-0.2, 0) is 18.6 Å². The van der Waals surface area contributed by atoms with Gasteiger partial charge in [0.2, 0.25) is 0 Å². The molecule has 0 bridgehead atoms. The summed E-state index contributed by atoms with van der Waals surface area (Å²) >= 11 is 0. The molecule has 2 heterocycles. The van der Waals surface area contributed by atoms with Crippen molar-refractivity contribution in [1.29, 1.82) is 0 Å².